The molecule has 32 heavy (non-hydrogen) atoms. The minimum atomic E-state index is -0.285. The molecule has 11 unspecified atom stereocenters. The second-order valence-electron chi connectivity index (χ2n) is 14.7. The zero-order valence-corrected chi connectivity index (χ0v) is 22.2. The summed E-state index contributed by atoms with van der Waals surface area (Å²) in [5.74, 6) is 3.26. The van der Waals surface area contributed by atoms with E-state index in [1.165, 1.54) is 44.1 Å². The fraction of sp³-hybridized carbons (Fsp3) is 0.933. The molecule has 0 heterocycles. The highest BCUT2D eigenvalue weighted by atomic mass is 16.3. The van der Waals surface area contributed by atoms with Gasteiger partial charge in [-0.25, -0.2) is 0 Å². The summed E-state index contributed by atoms with van der Waals surface area (Å²) in [4.78, 5) is 0. The van der Waals surface area contributed by atoms with Crippen molar-refractivity contribution >= 4 is 0 Å². The monoisotopic (exact) mass is 442 g/mol. The minimum absolute atomic E-state index is 0.0289. The lowest BCUT2D eigenvalue weighted by molar-refractivity contribution is -0.255. The van der Waals surface area contributed by atoms with Gasteiger partial charge >= 0.3 is 0 Å². The number of hydrogen-bond acceptors (Lipinski definition) is 2. The van der Waals surface area contributed by atoms with Crippen LogP contribution >= 0.6 is 0 Å². The molecule has 5 aliphatic rings. The van der Waals surface area contributed by atoms with Crippen LogP contribution in [0.4, 0.5) is 0 Å². The summed E-state index contributed by atoms with van der Waals surface area (Å²) in [5.41, 5.74) is 2.53. The number of rotatable bonds is 0. The van der Waals surface area contributed by atoms with Gasteiger partial charge in [0.2, 0.25) is 0 Å². The zero-order valence-electron chi connectivity index (χ0n) is 22.2. The Bertz CT molecular complexity index is 814. The molecular weight excluding hydrogens is 392 g/mol. The lowest BCUT2D eigenvalue weighted by Crippen LogP contribution is -2.67. The molecule has 2 N–H and O–H groups in total. The van der Waals surface area contributed by atoms with Crippen LogP contribution in [0, 0.1) is 56.7 Å². The van der Waals surface area contributed by atoms with Crippen molar-refractivity contribution in [3.05, 3.63) is 11.6 Å². The SMILES string of the molecule is CC1=CC(O)C2(C)CCC3(C)C(CCC4C5(C)CCC(O)C(C)(C)C5CCC43C)C2C1C. The second-order valence-corrected chi connectivity index (χ2v) is 14.7. The lowest BCUT2D eigenvalue weighted by Gasteiger charge is -2.73. The fourth-order valence-corrected chi connectivity index (χ4v) is 11.3. The van der Waals surface area contributed by atoms with Gasteiger partial charge in [0.05, 0.1) is 12.2 Å². The van der Waals surface area contributed by atoms with E-state index >= 15 is 0 Å². The van der Waals surface area contributed by atoms with Crippen LogP contribution in [0.3, 0.4) is 0 Å². The quantitative estimate of drug-likeness (QED) is 0.397. The largest absolute Gasteiger partial charge is 0.393 e. The molecule has 2 nitrogen and oxygen atoms in total. The number of aliphatic hydroxyl groups is 2. The Morgan fingerprint density at radius 2 is 1.44 bits per heavy atom. The maximum atomic E-state index is 11.2. The summed E-state index contributed by atoms with van der Waals surface area (Å²) in [6.45, 7) is 19.8. The minimum Gasteiger partial charge on any atom is -0.393 e. The number of aliphatic hydroxyl groups excluding tert-OH is 2. The summed E-state index contributed by atoms with van der Waals surface area (Å²) in [6, 6.07) is 0. The predicted molar refractivity (Wildman–Crippen MR) is 132 cm³/mol. The molecule has 0 bridgehead atoms. The van der Waals surface area contributed by atoms with Crippen molar-refractivity contribution in [1.82, 2.24) is 0 Å². The molecule has 0 aliphatic heterocycles. The third kappa shape index (κ3) is 2.61. The van der Waals surface area contributed by atoms with Gasteiger partial charge in [0, 0.05) is 5.41 Å². The summed E-state index contributed by atoms with van der Waals surface area (Å²) < 4.78 is 0. The maximum absolute atomic E-state index is 11.2. The third-order valence-corrected chi connectivity index (χ3v) is 13.6. The molecule has 0 aromatic heterocycles. The van der Waals surface area contributed by atoms with Gasteiger partial charge in [-0.15, -0.1) is 0 Å². The molecule has 182 valence electrons. The predicted octanol–water partition coefficient (Wildman–Crippen LogP) is 7.00. The van der Waals surface area contributed by atoms with Gasteiger partial charge in [0.25, 0.3) is 0 Å². The first-order valence-electron chi connectivity index (χ1n) is 13.8. The van der Waals surface area contributed by atoms with Crippen molar-refractivity contribution in [2.24, 2.45) is 56.7 Å². The molecule has 4 saturated carbocycles. The van der Waals surface area contributed by atoms with E-state index in [2.05, 4.69) is 61.5 Å². The molecule has 0 amide bonds. The molecule has 0 aromatic rings. The van der Waals surface area contributed by atoms with Crippen LogP contribution in [0.1, 0.15) is 107 Å². The topological polar surface area (TPSA) is 40.5 Å². The smallest absolute Gasteiger partial charge is 0.0780 e. The molecular formula is C30H50O2. The van der Waals surface area contributed by atoms with Gasteiger partial charge in [-0.2, -0.15) is 0 Å². The van der Waals surface area contributed by atoms with E-state index < -0.39 is 0 Å². The first kappa shape index (κ1) is 23.4. The number of fused-ring (bicyclic) bond motifs is 7. The molecule has 11 atom stereocenters. The Balaban J connectivity index is 1.56. The average molecular weight is 443 g/mol. The average Bonchev–Trinajstić information content (AvgIpc) is 2.71. The first-order valence-corrected chi connectivity index (χ1v) is 13.8. The van der Waals surface area contributed by atoms with Gasteiger partial charge in [0.15, 0.2) is 0 Å². The summed E-state index contributed by atoms with van der Waals surface area (Å²) in [5, 5.41) is 22.1. The van der Waals surface area contributed by atoms with Crippen molar-refractivity contribution in [2.75, 3.05) is 0 Å². The highest BCUT2D eigenvalue weighted by Crippen LogP contribution is 2.76. The maximum Gasteiger partial charge on any atom is 0.0780 e. The van der Waals surface area contributed by atoms with Gasteiger partial charge in [-0.05, 0) is 110 Å². The third-order valence-electron chi connectivity index (χ3n) is 13.6. The van der Waals surface area contributed by atoms with E-state index in [9.17, 15) is 10.2 Å². The lowest BCUT2D eigenvalue weighted by atomic mass is 9.31. The standard InChI is InChI=1S/C30H50O2/c1-18-17-24(32)28(6)15-16-29(7)20(25(28)19(18)2)9-10-22-27(5)13-12-23(31)26(3,4)21(27)11-14-30(22,29)8/h17,19-25,31-32H,9-16H2,1-8H3. The van der Waals surface area contributed by atoms with E-state index in [4.69, 9.17) is 0 Å². The molecule has 0 spiro atoms. The van der Waals surface area contributed by atoms with E-state index in [1.807, 2.05) is 0 Å². The van der Waals surface area contributed by atoms with Gasteiger partial charge in [0.1, 0.15) is 0 Å². The summed E-state index contributed by atoms with van der Waals surface area (Å²) in [6.07, 6.45) is 11.6. The molecule has 0 aromatic carbocycles. The van der Waals surface area contributed by atoms with Crippen LogP contribution in [-0.4, -0.2) is 22.4 Å². The van der Waals surface area contributed by atoms with Gasteiger partial charge in [-0.1, -0.05) is 60.1 Å². The number of hydrogen-bond donors (Lipinski definition) is 2. The fourth-order valence-electron chi connectivity index (χ4n) is 11.3. The van der Waals surface area contributed by atoms with Gasteiger partial charge < -0.3 is 10.2 Å². The van der Waals surface area contributed by atoms with Crippen molar-refractivity contribution in [2.45, 2.75) is 119 Å². The Morgan fingerprint density at radius 1 is 0.750 bits per heavy atom. The molecule has 0 saturated heterocycles. The Labute approximate surface area is 197 Å². The van der Waals surface area contributed by atoms with Crippen LogP contribution in [0.2, 0.25) is 0 Å². The van der Waals surface area contributed by atoms with Crippen molar-refractivity contribution < 1.29 is 10.2 Å². The van der Waals surface area contributed by atoms with Crippen molar-refractivity contribution in [3.63, 3.8) is 0 Å². The molecule has 0 radical (unpaired) electrons. The Hall–Kier alpha value is -0.340. The van der Waals surface area contributed by atoms with E-state index in [1.54, 1.807) is 0 Å². The summed E-state index contributed by atoms with van der Waals surface area (Å²) in [7, 11) is 0. The van der Waals surface area contributed by atoms with Crippen LogP contribution < -0.4 is 0 Å². The zero-order chi connectivity index (χ0) is 23.5. The number of allylic oxidation sites excluding steroid dienone is 1. The van der Waals surface area contributed by atoms with Crippen molar-refractivity contribution in [1.29, 1.82) is 0 Å². The second kappa shape index (κ2) is 6.87. The van der Waals surface area contributed by atoms with Crippen LogP contribution in [0.5, 0.6) is 0 Å². The molecule has 2 heteroatoms. The van der Waals surface area contributed by atoms with E-state index in [0.717, 1.165) is 18.8 Å². The van der Waals surface area contributed by atoms with E-state index in [0.29, 0.717) is 39.9 Å². The van der Waals surface area contributed by atoms with Crippen LogP contribution in [0.15, 0.2) is 11.6 Å². The van der Waals surface area contributed by atoms with Gasteiger partial charge in [-0.3, -0.25) is 0 Å². The van der Waals surface area contributed by atoms with Crippen molar-refractivity contribution in [3.8, 4) is 0 Å². The molecule has 5 aliphatic carbocycles. The molecule has 5 rings (SSSR count). The summed E-state index contributed by atoms with van der Waals surface area (Å²) >= 11 is 0. The van der Waals surface area contributed by atoms with E-state index in [-0.39, 0.29) is 23.0 Å². The Morgan fingerprint density at radius 3 is 2.12 bits per heavy atom. The first-order chi connectivity index (χ1) is 14.7. The normalized spacial score (nSPS) is 59.2. The van der Waals surface area contributed by atoms with Crippen LogP contribution in [0.25, 0.3) is 0 Å². The highest BCUT2D eigenvalue weighted by Gasteiger charge is 2.70. The highest BCUT2D eigenvalue weighted by molar-refractivity contribution is 5.24. The van der Waals surface area contributed by atoms with Crippen LogP contribution in [-0.2, 0) is 0 Å². The molecule has 4 fully saturated rings. The Kier molecular flexibility index (Phi) is 5.02.